The zero-order valence-electron chi connectivity index (χ0n) is 10.9. The molecule has 2 bridgehead atoms. The largest absolute Gasteiger partial charge is 0.479 e. The third-order valence-electron chi connectivity index (χ3n) is 3.95. The van der Waals surface area contributed by atoms with Gasteiger partial charge in [-0.15, -0.1) is 0 Å². The lowest BCUT2D eigenvalue weighted by Crippen LogP contribution is -2.46. The number of nitriles is 1. The maximum Gasteiger partial charge on any atom is 0.236 e. The third-order valence-corrected chi connectivity index (χ3v) is 3.95. The van der Waals surface area contributed by atoms with Crippen LogP contribution in [0.4, 0.5) is 5.69 Å². The van der Waals surface area contributed by atoms with Gasteiger partial charge in [0.2, 0.25) is 11.8 Å². The van der Waals surface area contributed by atoms with Gasteiger partial charge in [-0.1, -0.05) is 6.07 Å². The van der Waals surface area contributed by atoms with Gasteiger partial charge < -0.3 is 4.74 Å². The number of nitrogens with zero attached hydrogens (tertiary/aromatic N) is 2. The van der Waals surface area contributed by atoms with E-state index < -0.39 is 0 Å². The molecule has 0 N–H and O–H groups in total. The van der Waals surface area contributed by atoms with Crippen molar-refractivity contribution in [3.05, 3.63) is 24.3 Å². The summed E-state index contributed by atoms with van der Waals surface area (Å²) >= 11 is 0. The van der Waals surface area contributed by atoms with Gasteiger partial charge >= 0.3 is 0 Å². The van der Waals surface area contributed by atoms with Gasteiger partial charge in [0.15, 0.2) is 6.61 Å². The lowest BCUT2D eigenvalue weighted by atomic mass is 9.96. The fourth-order valence-corrected chi connectivity index (χ4v) is 2.99. The fraction of sp³-hybridized carbons (Fsp3) is 0.400. The van der Waals surface area contributed by atoms with Crippen LogP contribution in [0, 0.1) is 23.2 Å². The molecule has 1 aromatic rings. The van der Waals surface area contributed by atoms with E-state index in [0.717, 1.165) is 12.8 Å². The van der Waals surface area contributed by atoms with Gasteiger partial charge in [-0.2, -0.15) is 5.26 Å². The van der Waals surface area contributed by atoms with E-state index in [9.17, 15) is 9.59 Å². The van der Waals surface area contributed by atoms with Crippen LogP contribution >= 0.6 is 0 Å². The van der Waals surface area contributed by atoms with E-state index in [1.807, 2.05) is 6.07 Å². The first kappa shape index (κ1) is 12.7. The van der Waals surface area contributed by atoms with Crippen LogP contribution in [0.25, 0.3) is 0 Å². The van der Waals surface area contributed by atoms with Crippen molar-refractivity contribution in [1.82, 2.24) is 0 Å². The van der Waals surface area contributed by atoms with Crippen molar-refractivity contribution in [1.29, 1.82) is 5.26 Å². The molecule has 102 valence electrons. The van der Waals surface area contributed by atoms with Crippen LogP contribution in [0.3, 0.4) is 0 Å². The summed E-state index contributed by atoms with van der Waals surface area (Å²) in [5.41, 5.74) is 0.534. The van der Waals surface area contributed by atoms with Crippen molar-refractivity contribution < 1.29 is 14.3 Å². The topological polar surface area (TPSA) is 70.4 Å². The molecule has 2 fully saturated rings. The smallest absolute Gasteiger partial charge is 0.236 e. The molecule has 1 saturated carbocycles. The van der Waals surface area contributed by atoms with E-state index in [1.165, 1.54) is 4.90 Å². The second-order valence-electron chi connectivity index (χ2n) is 5.16. The number of benzene rings is 1. The number of hydrogen-bond acceptors (Lipinski definition) is 4. The first-order valence-electron chi connectivity index (χ1n) is 6.68. The van der Waals surface area contributed by atoms with Gasteiger partial charge in [0.1, 0.15) is 11.8 Å². The highest BCUT2D eigenvalue weighted by atomic mass is 16.5. The maximum absolute atomic E-state index is 12.3. The average molecular weight is 270 g/mol. The monoisotopic (exact) mass is 270 g/mol. The molecule has 0 radical (unpaired) electrons. The first-order chi connectivity index (χ1) is 9.70. The molecular weight excluding hydrogens is 256 g/mol. The molecule has 2 amide bonds. The molecule has 1 heterocycles. The van der Waals surface area contributed by atoms with Crippen molar-refractivity contribution in [3.8, 4) is 11.8 Å². The molecule has 1 aliphatic carbocycles. The standard InChI is InChI=1S/C15H14N2O3/c16-6-7-20-13-3-1-2-12(9-13)17-14(18)10-4-5-11(8-10)15(17)19/h1-3,9-11H,4-5,7-8H2. The Morgan fingerprint density at radius 2 is 1.95 bits per heavy atom. The normalized spacial score (nSPS) is 24.6. The number of carbonyl (C=O) groups excluding carboxylic acids is 2. The number of carbonyl (C=O) groups is 2. The van der Waals surface area contributed by atoms with Crippen molar-refractivity contribution in [3.63, 3.8) is 0 Å². The molecule has 5 nitrogen and oxygen atoms in total. The zero-order chi connectivity index (χ0) is 14.1. The van der Waals surface area contributed by atoms with E-state index in [2.05, 4.69) is 0 Å². The molecule has 2 unspecified atom stereocenters. The van der Waals surface area contributed by atoms with Crippen LogP contribution in [0.15, 0.2) is 24.3 Å². The molecule has 1 saturated heterocycles. The van der Waals surface area contributed by atoms with Crippen molar-refractivity contribution in [2.45, 2.75) is 19.3 Å². The summed E-state index contributed by atoms with van der Waals surface area (Å²) in [6, 6.07) is 8.67. The Bertz CT molecular complexity index is 583. The summed E-state index contributed by atoms with van der Waals surface area (Å²) in [5.74, 6) is 0.215. The van der Waals surface area contributed by atoms with Gasteiger partial charge in [-0.05, 0) is 31.4 Å². The number of ether oxygens (including phenoxy) is 1. The molecule has 0 spiro atoms. The molecule has 5 heteroatoms. The second kappa shape index (κ2) is 4.97. The molecule has 20 heavy (non-hydrogen) atoms. The SMILES string of the molecule is N#CCOc1cccc(N2C(=O)C3CCC(C3)C2=O)c1. The number of piperidine rings is 1. The summed E-state index contributed by atoms with van der Waals surface area (Å²) in [6.07, 6.45) is 2.30. The Hall–Kier alpha value is -2.35. The van der Waals surface area contributed by atoms with E-state index in [0.29, 0.717) is 17.9 Å². The van der Waals surface area contributed by atoms with Crippen LogP contribution in [0.5, 0.6) is 5.75 Å². The summed E-state index contributed by atoms with van der Waals surface area (Å²) < 4.78 is 5.22. The number of imide groups is 1. The maximum atomic E-state index is 12.3. The Balaban J connectivity index is 1.90. The Labute approximate surface area is 116 Å². The minimum absolute atomic E-state index is 0.0265. The lowest BCUT2D eigenvalue weighted by Gasteiger charge is -2.29. The number of fused-ring (bicyclic) bond motifs is 2. The minimum Gasteiger partial charge on any atom is -0.479 e. The van der Waals surface area contributed by atoms with E-state index in [1.54, 1.807) is 24.3 Å². The van der Waals surface area contributed by atoms with Gasteiger partial charge in [0, 0.05) is 17.9 Å². The zero-order valence-corrected chi connectivity index (χ0v) is 10.9. The quantitative estimate of drug-likeness (QED) is 0.786. The van der Waals surface area contributed by atoms with Crippen molar-refractivity contribution >= 4 is 17.5 Å². The van der Waals surface area contributed by atoms with Crippen LogP contribution < -0.4 is 9.64 Å². The number of amides is 2. The molecular formula is C15H14N2O3. The van der Waals surface area contributed by atoms with Gasteiger partial charge in [-0.25, -0.2) is 4.90 Å². The van der Waals surface area contributed by atoms with Crippen LogP contribution in [0.1, 0.15) is 19.3 Å². The number of rotatable bonds is 3. The molecule has 2 aliphatic rings. The Morgan fingerprint density at radius 3 is 2.60 bits per heavy atom. The van der Waals surface area contributed by atoms with E-state index in [-0.39, 0.29) is 30.3 Å². The highest BCUT2D eigenvalue weighted by Gasteiger charge is 2.45. The summed E-state index contributed by atoms with van der Waals surface area (Å²) in [4.78, 5) is 25.9. The van der Waals surface area contributed by atoms with Crippen LogP contribution in [0.2, 0.25) is 0 Å². The number of anilines is 1. The molecule has 1 aliphatic heterocycles. The molecule has 0 aromatic heterocycles. The van der Waals surface area contributed by atoms with Crippen molar-refractivity contribution in [2.75, 3.05) is 11.5 Å². The average Bonchev–Trinajstić information content (AvgIpc) is 2.91. The highest BCUT2D eigenvalue weighted by Crippen LogP contribution is 2.40. The summed E-state index contributed by atoms with van der Waals surface area (Å²) in [7, 11) is 0. The predicted octanol–water partition coefficient (Wildman–Crippen LogP) is 1.88. The van der Waals surface area contributed by atoms with Crippen LogP contribution in [-0.4, -0.2) is 18.4 Å². The number of hydrogen-bond donors (Lipinski definition) is 0. The molecule has 1 aromatic carbocycles. The molecule has 3 rings (SSSR count). The van der Waals surface area contributed by atoms with Crippen molar-refractivity contribution in [2.24, 2.45) is 11.8 Å². The van der Waals surface area contributed by atoms with E-state index >= 15 is 0 Å². The Morgan fingerprint density at radius 1 is 1.25 bits per heavy atom. The lowest BCUT2D eigenvalue weighted by molar-refractivity contribution is -0.132. The second-order valence-corrected chi connectivity index (χ2v) is 5.16. The van der Waals surface area contributed by atoms with Crippen LogP contribution in [-0.2, 0) is 9.59 Å². The summed E-state index contributed by atoms with van der Waals surface area (Å²) in [5, 5.41) is 8.51. The van der Waals surface area contributed by atoms with Gasteiger partial charge in [0.05, 0.1) is 5.69 Å². The van der Waals surface area contributed by atoms with Gasteiger partial charge in [-0.3, -0.25) is 9.59 Å². The van der Waals surface area contributed by atoms with E-state index in [4.69, 9.17) is 10.00 Å². The fourth-order valence-electron chi connectivity index (χ4n) is 2.99. The highest BCUT2D eigenvalue weighted by molar-refractivity contribution is 6.18. The van der Waals surface area contributed by atoms with Gasteiger partial charge in [0.25, 0.3) is 0 Å². The summed E-state index contributed by atoms with van der Waals surface area (Å²) in [6.45, 7) is -0.0589. The minimum atomic E-state index is -0.110. The predicted molar refractivity (Wildman–Crippen MR) is 70.9 cm³/mol. The Kier molecular flexibility index (Phi) is 3.15. The molecule has 2 atom stereocenters. The third kappa shape index (κ3) is 2.03. The first-order valence-corrected chi connectivity index (χ1v) is 6.68.